The van der Waals surface area contributed by atoms with Crippen molar-refractivity contribution in [1.29, 1.82) is 0 Å². The number of aliphatic carboxylic acids is 1. The van der Waals surface area contributed by atoms with Crippen LogP contribution in [0.2, 0.25) is 0 Å². The van der Waals surface area contributed by atoms with Crippen molar-refractivity contribution < 1.29 is 44.4 Å². The maximum absolute atomic E-state index is 14.4. The third kappa shape index (κ3) is 13.8. The molecule has 8 N–H and O–H groups in total. The number of unbranched alkanes of at least 4 members (excludes halogenated alkanes) is 3. The quantitative estimate of drug-likeness (QED) is 0.0675. The molecule has 1 aliphatic rings. The molecule has 7 atom stereocenters. The fourth-order valence-electron chi connectivity index (χ4n) is 6.92. The van der Waals surface area contributed by atoms with Crippen LogP contribution in [-0.4, -0.2) is 115 Å². The third-order valence-corrected chi connectivity index (χ3v) is 10.8. The van der Waals surface area contributed by atoms with Crippen LogP contribution in [0.1, 0.15) is 82.8 Å². The van der Waals surface area contributed by atoms with Crippen LogP contribution >= 0.6 is 23.2 Å². The van der Waals surface area contributed by atoms with Crippen LogP contribution in [0.3, 0.4) is 0 Å². The van der Waals surface area contributed by atoms with E-state index in [-0.39, 0.29) is 37.3 Å². The Morgan fingerprint density at radius 1 is 0.875 bits per heavy atom. The number of benzene rings is 2. The number of aromatic hydroxyl groups is 2. The van der Waals surface area contributed by atoms with Gasteiger partial charge in [-0.05, 0) is 67.0 Å². The van der Waals surface area contributed by atoms with Gasteiger partial charge < -0.3 is 46.6 Å². The summed E-state index contributed by atoms with van der Waals surface area (Å²) in [5, 5.41) is 45.5. The van der Waals surface area contributed by atoms with Crippen molar-refractivity contribution in [2.45, 2.75) is 126 Å². The Morgan fingerprint density at radius 2 is 1.41 bits per heavy atom. The lowest BCUT2D eigenvalue weighted by molar-refractivity contribution is -0.151. The van der Waals surface area contributed by atoms with Crippen molar-refractivity contribution in [3.05, 3.63) is 59.7 Å². The molecule has 1 aliphatic heterocycles. The minimum absolute atomic E-state index is 0.00553. The number of halogens is 2. The monoisotopic (exact) mass is 821 g/mol. The number of aliphatic hydroxyl groups is 1. The molecule has 0 spiro atoms. The summed E-state index contributed by atoms with van der Waals surface area (Å²) in [7, 11) is 1.45. The van der Waals surface area contributed by atoms with E-state index in [1.165, 1.54) is 41.1 Å². The van der Waals surface area contributed by atoms with Crippen LogP contribution < -0.4 is 16.4 Å². The Balaban J connectivity index is 1.79. The van der Waals surface area contributed by atoms with Gasteiger partial charge in [-0.3, -0.25) is 19.2 Å². The molecule has 1 saturated heterocycles. The van der Waals surface area contributed by atoms with Gasteiger partial charge in [0, 0.05) is 32.5 Å². The molecular formula is C40H57Cl2N5O9. The molecule has 56 heavy (non-hydrogen) atoms. The second-order valence-electron chi connectivity index (χ2n) is 14.7. The summed E-state index contributed by atoms with van der Waals surface area (Å²) in [6.45, 7) is 3.87. The lowest BCUT2D eigenvalue weighted by Crippen LogP contribution is -2.60. The fourth-order valence-corrected chi connectivity index (χ4v) is 7.22. The van der Waals surface area contributed by atoms with Gasteiger partial charge >= 0.3 is 5.97 Å². The molecular weight excluding hydrogens is 765 g/mol. The Kier molecular flexibility index (Phi) is 18.7. The third-order valence-electron chi connectivity index (χ3n) is 10.4. The molecule has 4 amide bonds. The minimum atomic E-state index is -1.62. The highest BCUT2D eigenvalue weighted by Crippen LogP contribution is 2.25. The van der Waals surface area contributed by atoms with E-state index in [4.69, 9.17) is 28.9 Å². The summed E-state index contributed by atoms with van der Waals surface area (Å²) in [5.41, 5.74) is 7.37. The Morgan fingerprint density at radius 3 is 1.93 bits per heavy atom. The lowest BCUT2D eigenvalue weighted by Gasteiger charge is -2.38. The summed E-state index contributed by atoms with van der Waals surface area (Å²) in [5.74, 6) is -4.25. The van der Waals surface area contributed by atoms with Gasteiger partial charge in [-0.25, -0.2) is 4.79 Å². The highest BCUT2D eigenvalue weighted by atomic mass is 35.5. The number of alkyl halides is 2. The van der Waals surface area contributed by atoms with Crippen LogP contribution in [-0.2, 0) is 36.8 Å². The van der Waals surface area contributed by atoms with E-state index in [9.17, 15) is 44.4 Å². The number of hydrogen-bond acceptors (Lipinski definition) is 9. The van der Waals surface area contributed by atoms with Gasteiger partial charge in [0.05, 0.1) is 0 Å². The summed E-state index contributed by atoms with van der Waals surface area (Å²) in [4.78, 5) is 70.2. The molecule has 310 valence electrons. The number of phenols is 2. The van der Waals surface area contributed by atoms with Crippen LogP contribution in [0.5, 0.6) is 11.5 Å². The predicted molar refractivity (Wildman–Crippen MR) is 213 cm³/mol. The standard InChI is InChI=1S/C40H57Cl2N5O9/c1-4-24(2)34(39(54)47-21-9-11-32(47)36(51)45-31(40(55)56)23-26-15-19-28(49)20-16-26)46(3)38(53)30(22-25-13-17-27(48)18-14-25)44-37(52)35(50)29(43)10-7-5-6-8-12-33(41)42/h13-20,24,29-35,48-50H,4-12,21-23,43H2,1-3H3,(H,44,52)(H,45,51)(H,55,56). The number of rotatable bonds is 22. The molecule has 0 radical (unpaired) electrons. The zero-order valence-corrected chi connectivity index (χ0v) is 33.8. The molecule has 2 aromatic rings. The van der Waals surface area contributed by atoms with E-state index in [1.807, 2.05) is 6.92 Å². The number of aliphatic hydroxyl groups excluding tert-OH is 1. The van der Waals surface area contributed by atoms with Crippen molar-refractivity contribution >= 4 is 52.8 Å². The number of carbonyl (C=O) groups is 5. The first-order valence-corrected chi connectivity index (χ1v) is 20.1. The van der Waals surface area contributed by atoms with E-state index in [0.717, 1.165) is 19.3 Å². The number of nitrogens with one attached hydrogen (secondary N) is 2. The van der Waals surface area contributed by atoms with Crippen molar-refractivity contribution in [2.75, 3.05) is 13.6 Å². The first kappa shape index (κ1) is 46.3. The summed E-state index contributed by atoms with van der Waals surface area (Å²) < 4.78 is 0. The number of carboxylic acids is 1. The molecule has 0 aliphatic carbocycles. The second-order valence-corrected chi connectivity index (χ2v) is 15.9. The zero-order chi connectivity index (χ0) is 41.5. The van der Waals surface area contributed by atoms with Crippen LogP contribution in [0, 0.1) is 5.92 Å². The molecule has 0 aromatic heterocycles. The molecule has 16 heteroatoms. The smallest absolute Gasteiger partial charge is 0.326 e. The average Bonchev–Trinajstić information content (AvgIpc) is 3.67. The molecule has 14 nitrogen and oxygen atoms in total. The number of amides is 4. The van der Waals surface area contributed by atoms with Gasteiger partial charge in [0.25, 0.3) is 5.91 Å². The number of nitrogens with two attached hydrogens (primary N) is 1. The predicted octanol–water partition coefficient (Wildman–Crippen LogP) is 3.63. The molecule has 1 heterocycles. The van der Waals surface area contributed by atoms with E-state index in [2.05, 4.69) is 10.6 Å². The first-order chi connectivity index (χ1) is 26.5. The highest BCUT2D eigenvalue weighted by Gasteiger charge is 2.43. The maximum Gasteiger partial charge on any atom is 0.326 e. The SMILES string of the molecule is CCC(C)C(C(=O)N1CCCC1C(=O)NC(Cc1ccc(O)cc1)C(=O)O)N(C)C(=O)C(Cc1ccc(O)cc1)NC(=O)C(O)C(N)CCCCCCC(Cl)Cl. The van der Waals surface area contributed by atoms with Gasteiger partial charge in [0.15, 0.2) is 0 Å². The fraction of sp³-hybridized carbons (Fsp3) is 0.575. The topological polar surface area (TPSA) is 223 Å². The zero-order valence-electron chi connectivity index (χ0n) is 32.3. The van der Waals surface area contributed by atoms with Gasteiger partial charge in [0.1, 0.15) is 46.6 Å². The van der Waals surface area contributed by atoms with E-state index in [1.54, 1.807) is 31.2 Å². The summed E-state index contributed by atoms with van der Waals surface area (Å²) in [6.07, 6.45) is 3.72. The Labute approximate surface area is 338 Å². The Hall–Kier alpha value is -4.11. The number of likely N-dealkylation sites (tertiary alicyclic amines) is 1. The van der Waals surface area contributed by atoms with Crippen molar-refractivity contribution in [2.24, 2.45) is 11.7 Å². The number of nitrogens with zero attached hydrogens (tertiary/aromatic N) is 2. The van der Waals surface area contributed by atoms with Crippen LogP contribution in [0.4, 0.5) is 0 Å². The largest absolute Gasteiger partial charge is 0.508 e. The van der Waals surface area contributed by atoms with Crippen molar-refractivity contribution in [3.63, 3.8) is 0 Å². The van der Waals surface area contributed by atoms with Crippen molar-refractivity contribution in [3.8, 4) is 11.5 Å². The normalized spacial score (nSPS) is 17.4. The van der Waals surface area contributed by atoms with E-state index >= 15 is 0 Å². The number of likely N-dealkylation sites (N-methyl/N-ethyl adjacent to an activating group) is 1. The van der Waals surface area contributed by atoms with Gasteiger partial charge in [-0.2, -0.15) is 0 Å². The molecule has 0 bridgehead atoms. The average molecular weight is 823 g/mol. The highest BCUT2D eigenvalue weighted by molar-refractivity contribution is 6.44. The molecule has 0 saturated carbocycles. The number of phenolic OH excluding ortho intramolecular Hbond substituents is 2. The lowest BCUT2D eigenvalue weighted by atomic mass is 9.94. The van der Waals surface area contributed by atoms with Gasteiger partial charge in [0.2, 0.25) is 17.7 Å². The van der Waals surface area contributed by atoms with Crippen molar-refractivity contribution in [1.82, 2.24) is 20.4 Å². The van der Waals surface area contributed by atoms with Crippen LogP contribution in [0.25, 0.3) is 0 Å². The molecule has 2 aromatic carbocycles. The Bertz CT molecular complexity index is 1600. The summed E-state index contributed by atoms with van der Waals surface area (Å²) in [6, 6.07) is 6.54. The van der Waals surface area contributed by atoms with E-state index < -0.39 is 76.7 Å². The van der Waals surface area contributed by atoms with Gasteiger partial charge in [-0.15, -0.1) is 23.2 Å². The number of hydrogen-bond donors (Lipinski definition) is 7. The van der Waals surface area contributed by atoms with Gasteiger partial charge in [-0.1, -0.05) is 70.2 Å². The second kappa shape index (κ2) is 22.6. The summed E-state index contributed by atoms with van der Waals surface area (Å²) >= 11 is 11.6. The minimum Gasteiger partial charge on any atom is -0.508 e. The van der Waals surface area contributed by atoms with E-state index in [0.29, 0.717) is 43.2 Å². The molecule has 1 fully saturated rings. The number of carbonyl (C=O) groups excluding carboxylic acids is 4. The first-order valence-electron chi connectivity index (χ1n) is 19.2. The molecule has 7 unspecified atom stereocenters. The maximum atomic E-state index is 14.4. The number of carboxylic acid groups (broad SMARTS) is 1. The molecule has 3 rings (SSSR count). The van der Waals surface area contributed by atoms with Crippen LogP contribution in [0.15, 0.2) is 48.5 Å².